The van der Waals surface area contributed by atoms with Gasteiger partial charge in [-0.05, 0) is 6.07 Å². The van der Waals surface area contributed by atoms with Crippen molar-refractivity contribution in [2.75, 3.05) is 0 Å². The second kappa shape index (κ2) is 3.68. The molecular weight excluding hydrogens is 201 g/mol. The lowest BCUT2D eigenvalue weighted by Gasteiger charge is -2.00. The lowest BCUT2D eigenvalue weighted by atomic mass is 10.2. The van der Waals surface area contributed by atoms with Crippen LogP contribution >= 0.6 is 11.6 Å². The van der Waals surface area contributed by atoms with E-state index in [0.29, 0.717) is 0 Å². The zero-order valence-electron chi connectivity index (χ0n) is 6.33. The van der Waals surface area contributed by atoms with Crippen LogP contribution < -0.4 is 0 Å². The van der Waals surface area contributed by atoms with Crippen molar-refractivity contribution in [3.63, 3.8) is 0 Å². The van der Waals surface area contributed by atoms with E-state index in [4.69, 9.17) is 16.7 Å². The Hall–Kier alpha value is -1.20. The molecule has 0 aromatic heterocycles. The Labute approximate surface area is 77.7 Å². The maximum Gasteiger partial charge on any atom is 0.276 e. The van der Waals surface area contributed by atoms with Crippen LogP contribution in [0.2, 0.25) is 5.02 Å². The molecule has 0 saturated heterocycles. The largest absolute Gasteiger partial charge is 0.391 e. The highest BCUT2D eigenvalue weighted by Gasteiger charge is 2.16. The predicted molar refractivity (Wildman–Crippen MR) is 44.0 cm³/mol. The summed E-state index contributed by atoms with van der Waals surface area (Å²) < 4.78 is 12.7. The highest BCUT2D eigenvalue weighted by atomic mass is 35.5. The van der Waals surface area contributed by atoms with Crippen molar-refractivity contribution in [1.29, 1.82) is 0 Å². The molecule has 0 radical (unpaired) electrons. The van der Waals surface area contributed by atoms with Crippen LogP contribution in [-0.2, 0) is 6.61 Å². The number of nitro groups is 1. The van der Waals surface area contributed by atoms with Gasteiger partial charge >= 0.3 is 0 Å². The van der Waals surface area contributed by atoms with Crippen LogP contribution in [0.5, 0.6) is 0 Å². The summed E-state index contributed by atoms with van der Waals surface area (Å²) in [4.78, 5) is 9.63. The molecule has 0 unspecified atom stereocenters. The van der Waals surface area contributed by atoms with Gasteiger partial charge in [0.05, 0.1) is 22.1 Å². The maximum absolute atomic E-state index is 12.7. The van der Waals surface area contributed by atoms with Crippen molar-refractivity contribution in [2.24, 2.45) is 0 Å². The van der Waals surface area contributed by atoms with E-state index < -0.39 is 17.3 Å². The van der Waals surface area contributed by atoms with E-state index in [9.17, 15) is 14.5 Å². The first-order valence-corrected chi connectivity index (χ1v) is 3.67. The molecule has 1 N–H and O–H groups in total. The molecule has 0 aliphatic rings. The Bertz CT molecular complexity index is 356. The minimum atomic E-state index is -0.781. The van der Waals surface area contributed by atoms with Crippen LogP contribution in [0.25, 0.3) is 0 Å². The molecule has 0 fully saturated rings. The fourth-order valence-corrected chi connectivity index (χ4v) is 1.03. The van der Waals surface area contributed by atoms with Gasteiger partial charge in [-0.3, -0.25) is 10.1 Å². The lowest BCUT2D eigenvalue weighted by molar-refractivity contribution is -0.385. The van der Waals surface area contributed by atoms with E-state index in [1.165, 1.54) is 0 Å². The van der Waals surface area contributed by atoms with Crippen molar-refractivity contribution < 1.29 is 14.4 Å². The molecule has 6 heteroatoms. The quantitative estimate of drug-likeness (QED) is 0.592. The third-order valence-electron chi connectivity index (χ3n) is 1.49. The highest BCUT2D eigenvalue weighted by Crippen LogP contribution is 2.25. The Balaban J connectivity index is 3.33. The van der Waals surface area contributed by atoms with Gasteiger partial charge in [0.2, 0.25) is 0 Å². The van der Waals surface area contributed by atoms with Gasteiger partial charge in [0, 0.05) is 6.07 Å². The minimum absolute atomic E-state index is 0.0908. The van der Waals surface area contributed by atoms with Crippen LogP contribution in [0.1, 0.15) is 5.56 Å². The summed E-state index contributed by atoms with van der Waals surface area (Å²) in [5, 5.41) is 18.7. The van der Waals surface area contributed by atoms with Gasteiger partial charge in [0.15, 0.2) is 0 Å². The van der Waals surface area contributed by atoms with Crippen LogP contribution in [0.3, 0.4) is 0 Å². The minimum Gasteiger partial charge on any atom is -0.391 e. The average molecular weight is 206 g/mol. The van der Waals surface area contributed by atoms with Gasteiger partial charge < -0.3 is 5.11 Å². The number of hydrogen-bond acceptors (Lipinski definition) is 3. The van der Waals surface area contributed by atoms with E-state index in [1.54, 1.807) is 0 Å². The first-order valence-electron chi connectivity index (χ1n) is 3.29. The summed E-state index contributed by atoms with van der Waals surface area (Å²) in [6.07, 6.45) is 0. The summed E-state index contributed by atoms with van der Waals surface area (Å²) in [6.45, 7) is -0.593. The number of aliphatic hydroxyl groups is 1. The standard InChI is InChI=1S/C7H5ClFNO3/c8-5-2-7(10(12)13)4(3-11)1-6(5)9/h1-2,11H,3H2. The van der Waals surface area contributed by atoms with E-state index in [2.05, 4.69) is 0 Å². The van der Waals surface area contributed by atoms with E-state index >= 15 is 0 Å². The van der Waals surface area contributed by atoms with Crippen molar-refractivity contribution in [3.8, 4) is 0 Å². The first-order chi connectivity index (χ1) is 6.06. The monoisotopic (exact) mass is 205 g/mol. The zero-order chi connectivity index (χ0) is 10.0. The summed E-state index contributed by atoms with van der Waals surface area (Å²) in [7, 11) is 0. The van der Waals surface area contributed by atoms with E-state index in [-0.39, 0.29) is 16.3 Å². The smallest absolute Gasteiger partial charge is 0.276 e. The summed E-state index contributed by atoms with van der Waals surface area (Å²) in [6, 6.07) is 1.73. The second-order valence-electron chi connectivity index (χ2n) is 2.31. The molecule has 0 amide bonds. The maximum atomic E-state index is 12.7. The van der Waals surface area contributed by atoms with E-state index in [0.717, 1.165) is 12.1 Å². The van der Waals surface area contributed by atoms with Gasteiger partial charge in [-0.1, -0.05) is 11.6 Å². The molecule has 0 aliphatic carbocycles. The first kappa shape index (κ1) is 9.88. The molecule has 0 heterocycles. The van der Waals surface area contributed by atoms with Gasteiger partial charge in [-0.25, -0.2) is 4.39 Å². The molecule has 70 valence electrons. The fraction of sp³-hybridized carbons (Fsp3) is 0.143. The SMILES string of the molecule is O=[N+]([O-])c1cc(Cl)c(F)cc1CO. The molecular formula is C7H5ClFNO3. The number of nitro benzene ring substituents is 1. The van der Waals surface area contributed by atoms with Gasteiger partial charge in [-0.2, -0.15) is 0 Å². The van der Waals surface area contributed by atoms with E-state index in [1.807, 2.05) is 0 Å². The molecule has 1 aromatic carbocycles. The summed E-state index contributed by atoms with van der Waals surface area (Å²) in [5.74, 6) is -0.781. The third-order valence-corrected chi connectivity index (χ3v) is 1.78. The molecule has 0 atom stereocenters. The molecule has 4 nitrogen and oxygen atoms in total. The highest BCUT2D eigenvalue weighted by molar-refractivity contribution is 6.31. The lowest BCUT2D eigenvalue weighted by Crippen LogP contribution is -1.96. The number of aliphatic hydroxyl groups excluding tert-OH is 1. The number of rotatable bonds is 2. The van der Waals surface area contributed by atoms with Crippen molar-refractivity contribution in [3.05, 3.63) is 38.7 Å². The summed E-state index contributed by atoms with van der Waals surface area (Å²) >= 11 is 5.33. The number of hydrogen-bond donors (Lipinski definition) is 1. The third kappa shape index (κ3) is 1.93. The molecule has 1 aromatic rings. The normalized spacial score (nSPS) is 10.1. The number of halogens is 2. The topological polar surface area (TPSA) is 63.4 Å². The molecule has 0 bridgehead atoms. The molecule has 1 rings (SSSR count). The van der Waals surface area contributed by atoms with Crippen LogP contribution in [-0.4, -0.2) is 10.0 Å². The number of benzene rings is 1. The van der Waals surface area contributed by atoms with Crippen molar-refractivity contribution >= 4 is 17.3 Å². The molecule has 0 spiro atoms. The Morgan fingerprint density at radius 2 is 2.23 bits per heavy atom. The summed E-state index contributed by atoms with van der Waals surface area (Å²) in [5.41, 5.74) is -0.471. The molecule has 0 aliphatic heterocycles. The number of nitrogens with zero attached hydrogens (tertiary/aromatic N) is 1. The van der Waals surface area contributed by atoms with Crippen LogP contribution in [0.15, 0.2) is 12.1 Å². The van der Waals surface area contributed by atoms with Crippen LogP contribution in [0.4, 0.5) is 10.1 Å². The Morgan fingerprint density at radius 1 is 1.62 bits per heavy atom. The average Bonchev–Trinajstić information content (AvgIpc) is 2.08. The Morgan fingerprint density at radius 3 is 2.69 bits per heavy atom. The second-order valence-corrected chi connectivity index (χ2v) is 2.72. The predicted octanol–water partition coefficient (Wildman–Crippen LogP) is 1.88. The van der Waals surface area contributed by atoms with Gasteiger partial charge in [-0.15, -0.1) is 0 Å². The zero-order valence-corrected chi connectivity index (χ0v) is 7.08. The molecule has 13 heavy (non-hydrogen) atoms. The molecule has 0 saturated carbocycles. The Kier molecular flexibility index (Phi) is 2.79. The van der Waals surface area contributed by atoms with Crippen molar-refractivity contribution in [1.82, 2.24) is 0 Å². The van der Waals surface area contributed by atoms with Gasteiger partial charge in [0.25, 0.3) is 5.69 Å². The van der Waals surface area contributed by atoms with Gasteiger partial charge in [0.1, 0.15) is 5.82 Å². The van der Waals surface area contributed by atoms with Crippen molar-refractivity contribution in [2.45, 2.75) is 6.61 Å². The fourth-order valence-electron chi connectivity index (χ4n) is 0.874. The van der Waals surface area contributed by atoms with Crippen LogP contribution in [0, 0.1) is 15.9 Å².